The van der Waals surface area contributed by atoms with E-state index in [2.05, 4.69) is 57.1 Å². The van der Waals surface area contributed by atoms with Crippen molar-refractivity contribution in [2.45, 2.75) is 20.4 Å². The zero-order chi connectivity index (χ0) is 18.2. The first-order valence-electron chi connectivity index (χ1n) is 9.52. The number of morpholine rings is 1. The first-order valence-corrected chi connectivity index (χ1v) is 9.52. The van der Waals surface area contributed by atoms with Crippen molar-refractivity contribution in [2.24, 2.45) is 4.99 Å². The van der Waals surface area contributed by atoms with E-state index in [4.69, 9.17) is 9.73 Å². The van der Waals surface area contributed by atoms with Gasteiger partial charge in [-0.15, -0.1) is 24.0 Å². The normalized spacial score (nSPS) is 15.6. The predicted octanol–water partition coefficient (Wildman–Crippen LogP) is 1.85. The minimum absolute atomic E-state index is 0. The summed E-state index contributed by atoms with van der Waals surface area (Å²) in [5, 5.41) is 6.76. The second-order valence-corrected chi connectivity index (χ2v) is 6.44. The third kappa shape index (κ3) is 6.32. The van der Waals surface area contributed by atoms with E-state index in [1.54, 1.807) is 0 Å². The molecular weight excluding hydrogens is 455 g/mol. The number of guanidine groups is 1. The molecule has 0 unspecified atom stereocenters. The summed E-state index contributed by atoms with van der Waals surface area (Å²) in [4.78, 5) is 11.7. The molecule has 2 N–H and O–H groups in total. The van der Waals surface area contributed by atoms with Crippen LogP contribution in [0.4, 0.5) is 0 Å². The number of aryl methyl sites for hydroxylation is 1. The molecule has 2 aromatic rings. The minimum Gasteiger partial charge on any atom is -0.379 e. The van der Waals surface area contributed by atoms with Gasteiger partial charge in [-0.05, 0) is 26.0 Å². The van der Waals surface area contributed by atoms with Crippen LogP contribution in [0, 0.1) is 6.92 Å². The van der Waals surface area contributed by atoms with Crippen LogP contribution in [0.2, 0.25) is 0 Å². The highest BCUT2D eigenvalue weighted by Gasteiger charge is 2.09. The summed E-state index contributed by atoms with van der Waals surface area (Å²) in [5.41, 5.74) is 2.23. The first-order chi connectivity index (χ1) is 12.8. The number of benzene rings is 1. The van der Waals surface area contributed by atoms with Gasteiger partial charge in [0.1, 0.15) is 5.82 Å². The number of aliphatic imine (C=N–C) groups is 1. The van der Waals surface area contributed by atoms with Crippen LogP contribution in [-0.4, -0.2) is 72.9 Å². The number of imidazole rings is 1. The van der Waals surface area contributed by atoms with Gasteiger partial charge >= 0.3 is 0 Å². The lowest BCUT2D eigenvalue weighted by molar-refractivity contribution is 0.0394. The fraction of sp³-hybridized carbons (Fsp3) is 0.579. The Balaban J connectivity index is 0.00000261. The van der Waals surface area contributed by atoms with Crippen molar-refractivity contribution in [1.82, 2.24) is 25.1 Å². The number of ether oxygens (including phenoxy) is 1. The van der Waals surface area contributed by atoms with Crippen molar-refractivity contribution < 1.29 is 4.74 Å². The van der Waals surface area contributed by atoms with E-state index in [9.17, 15) is 0 Å². The Morgan fingerprint density at radius 3 is 2.74 bits per heavy atom. The van der Waals surface area contributed by atoms with Gasteiger partial charge in [-0.3, -0.25) is 9.89 Å². The Bertz CT molecular complexity index is 726. The molecule has 0 radical (unpaired) electrons. The van der Waals surface area contributed by atoms with E-state index in [-0.39, 0.29) is 24.0 Å². The Hall–Kier alpha value is -1.39. The minimum atomic E-state index is 0. The van der Waals surface area contributed by atoms with Gasteiger partial charge in [-0.1, -0.05) is 12.1 Å². The molecular formula is C19H31IN6O. The number of nitrogens with zero attached hydrogens (tertiary/aromatic N) is 4. The summed E-state index contributed by atoms with van der Waals surface area (Å²) in [6, 6.07) is 8.27. The maximum atomic E-state index is 5.38. The van der Waals surface area contributed by atoms with Gasteiger partial charge in [-0.25, -0.2) is 4.98 Å². The molecule has 1 aromatic heterocycles. The number of nitrogens with one attached hydrogen (secondary N) is 2. The van der Waals surface area contributed by atoms with Crippen molar-refractivity contribution in [1.29, 1.82) is 0 Å². The van der Waals surface area contributed by atoms with Gasteiger partial charge in [0.15, 0.2) is 5.96 Å². The summed E-state index contributed by atoms with van der Waals surface area (Å²) in [6.07, 6.45) is 0. The van der Waals surface area contributed by atoms with Crippen molar-refractivity contribution in [3.8, 4) is 0 Å². The molecule has 1 fully saturated rings. The predicted molar refractivity (Wildman–Crippen MR) is 121 cm³/mol. The topological polar surface area (TPSA) is 66.7 Å². The van der Waals surface area contributed by atoms with Crippen LogP contribution in [0.1, 0.15) is 12.7 Å². The standard InChI is InChI=1S/C19H30N6O.HI/c1-3-20-19(21-8-10-24-12-14-26-15-13-24)22-9-11-25-16(2)23-17-6-4-5-7-18(17)25;/h4-7H,3,8-15H2,1-2H3,(H2,20,21,22);1H. The lowest BCUT2D eigenvalue weighted by Crippen LogP contribution is -2.41. The lowest BCUT2D eigenvalue weighted by Gasteiger charge is -2.25. The maximum absolute atomic E-state index is 5.38. The van der Waals surface area contributed by atoms with Gasteiger partial charge in [-0.2, -0.15) is 0 Å². The average Bonchev–Trinajstić information content (AvgIpc) is 2.98. The Morgan fingerprint density at radius 2 is 1.96 bits per heavy atom. The molecule has 3 rings (SSSR count). The number of para-hydroxylation sites is 2. The van der Waals surface area contributed by atoms with Gasteiger partial charge < -0.3 is 19.9 Å². The zero-order valence-electron chi connectivity index (χ0n) is 16.3. The van der Waals surface area contributed by atoms with Crippen molar-refractivity contribution in [2.75, 3.05) is 52.5 Å². The Kier molecular flexibility index (Phi) is 9.29. The summed E-state index contributed by atoms with van der Waals surface area (Å²) in [7, 11) is 0. The van der Waals surface area contributed by atoms with E-state index in [0.717, 1.165) is 76.3 Å². The lowest BCUT2D eigenvalue weighted by atomic mass is 10.3. The molecule has 0 bridgehead atoms. The molecule has 1 saturated heterocycles. The van der Waals surface area contributed by atoms with Crippen LogP contribution in [0.5, 0.6) is 0 Å². The molecule has 27 heavy (non-hydrogen) atoms. The van der Waals surface area contributed by atoms with Crippen molar-refractivity contribution in [3.05, 3.63) is 30.1 Å². The number of hydrogen-bond donors (Lipinski definition) is 2. The van der Waals surface area contributed by atoms with Crippen LogP contribution in [0.15, 0.2) is 29.3 Å². The average molecular weight is 486 g/mol. The fourth-order valence-corrected chi connectivity index (χ4v) is 3.23. The van der Waals surface area contributed by atoms with E-state index in [1.807, 2.05) is 6.07 Å². The Labute approximate surface area is 178 Å². The highest BCUT2D eigenvalue weighted by atomic mass is 127. The quantitative estimate of drug-likeness (QED) is 0.356. The molecule has 150 valence electrons. The van der Waals surface area contributed by atoms with E-state index >= 15 is 0 Å². The molecule has 1 aliphatic heterocycles. The van der Waals surface area contributed by atoms with Crippen LogP contribution < -0.4 is 10.6 Å². The van der Waals surface area contributed by atoms with E-state index in [0.29, 0.717) is 0 Å². The summed E-state index contributed by atoms with van der Waals surface area (Å²) >= 11 is 0. The molecule has 7 nitrogen and oxygen atoms in total. The van der Waals surface area contributed by atoms with Gasteiger partial charge in [0, 0.05) is 39.3 Å². The van der Waals surface area contributed by atoms with Crippen LogP contribution in [-0.2, 0) is 11.3 Å². The fourth-order valence-electron chi connectivity index (χ4n) is 3.23. The number of aromatic nitrogens is 2. The molecule has 0 spiro atoms. The van der Waals surface area contributed by atoms with Gasteiger partial charge in [0.05, 0.1) is 30.8 Å². The number of halogens is 1. The number of hydrogen-bond acceptors (Lipinski definition) is 4. The number of rotatable bonds is 7. The number of fused-ring (bicyclic) bond motifs is 1. The summed E-state index contributed by atoms with van der Waals surface area (Å²) in [5.74, 6) is 1.92. The van der Waals surface area contributed by atoms with Crippen LogP contribution in [0.25, 0.3) is 11.0 Å². The molecule has 1 aromatic carbocycles. The largest absolute Gasteiger partial charge is 0.379 e. The third-order valence-corrected chi connectivity index (χ3v) is 4.61. The zero-order valence-corrected chi connectivity index (χ0v) is 18.6. The Morgan fingerprint density at radius 1 is 1.19 bits per heavy atom. The highest BCUT2D eigenvalue weighted by Crippen LogP contribution is 2.14. The maximum Gasteiger partial charge on any atom is 0.191 e. The van der Waals surface area contributed by atoms with Crippen molar-refractivity contribution >= 4 is 41.0 Å². The first kappa shape index (κ1) is 21.9. The van der Waals surface area contributed by atoms with Crippen LogP contribution in [0.3, 0.4) is 0 Å². The van der Waals surface area contributed by atoms with E-state index < -0.39 is 0 Å². The molecule has 8 heteroatoms. The molecule has 0 atom stereocenters. The van der Waals surface area contributed by atoms with Gasteiger partial charge in [0.25, 0.3) is 0 Å². The SMILES string of the molecule is CCNC(=NCCN1CCOCC1)NCCn1c(C)nc2ccccc21.I. The smallest absolute Gasteiger partial charge is 0.191 e. The van der Waals surface area contributed by atoms with Gasteiger partial charge in [0.2, 0.25) is 0 Å². The second kappa shape index (κ2) is 11.5. The van der Waals surface area contributed by atoms with Crippen LogP contribution >= 0.6 is 24.0 Å². The summed E-state index contributed by atoms with van der Waals surface area (Å²) in [6.45, 7) is 12.1. The molecule has 2 heterocycles. The van der Waals surface area contributed by atoms with Crippen molar-refractivity contribution in [3.63, 3.8) is 0 Å². The second-order valence-electron chi connectivity index (χ2n) is 6.44. The molecule has 0 saturated carbocycles. The molecule has 1 aliphatic rings. The summed E-state index contributed by atoms with van der Waals surface area (Å²) < 4.78 is 7.63. The monoisotopic (exact) mass is 486 g/mol. The third-order valence-electron chi connectivity index (χ3n) is 4.61. The highest BCUT2D eigenvalue weighted by molar-refractivity contribution is 14.0. The molecule has 0 aliphatic carbocycles. The van der Waals surface area contributed by atoms with E-state index in [1.165, 1.54) is 5.52 Å². The molecule has 0 amide bonds.